The highest BCUT2D eigenvalue weighted by atomic mass is 35.5. The summed E-state index contributed by atoms with van der Waals surface area (Å²) in [7, 11) is 0. The van der Waals surface area contributed by atoms with Crippen molar-refractivity contribution in [2.45, 2.75) is 19.0 Å². The van der Waals surface area contributed by atoms with Crippen molar-refractivity contribution in [2.75, 3.05) is 9.80 Å². The lowest BCUT2D eigenvalue weighted by Crippen LogP contribution is -2.49. The molecule has 184 valence electrons. The van der Waals surface area contributed by atoms with Crippen molar-refractivity contribution in [3.63, 3.8) is 0 Å². The number of hydrogen-bond acceptors (Lipinski definition) is 6. The minimum Gasteiger partial charge on any atom is -0.424 e. The summed E-state index contributed by atoms with van der Waals surface area (Å²) in [5.41, 5.74) is 2.09. The molecule has 0 bridgehead atoms. The summed E-state index contributed by atoms with van der Waals surface area (Å²) in [4.78, 5) is 56.7. The number of rotatable bonds is 4. The van der Waals surface area contributed by atoms with Crippen LogP contribution in [0.2, 0.25) is 5.02 Å². The quantitative estimate of drug-likeness (QED) is 0.221. The van der Waals surface area contributed by atoms with Gasteiger partial charge in [-0.15, -0.1) is 0 Å². The average Bonchev–Trinajstić information content (AvgIpc) is 3.37. The van der Waals surface area contributed by atoms with E-state index in [1.54, 1.807) is 71.6 Å². The number of carbonyl (C=O) groups excluding carboxylic acids is 4. The fourth-order valence-electron chi connectivity index (χ4n) is 5.73. The number of nitrogens with zero attached hydrogens (tertiary/aromatic N) is 2. The molecule has 0 radical (unpaired) electrons. The maximum Gasteiger partial charge on any atom is 0.308 e. The number of ether oxygens (including phenoxy) is 1. The van der Waals surface area contributed by atoms with Gasteiger partial charge < -0.3 is 9.64 Å². The predicted molar refractivity (Wildman–Crippen MR) is 139 cm³/mol. The van der Waals surface area contributed by atoms with E-state index in [4.69, 9.17) is 16.3 Å². The van der Waals surface area contributed by atoms with Crippen LogP contribution in [0.1, 0.15) is 22.8 Å². The molecule has 0 aromatic heterocycles. The van der Waals surface area contributed by atoms with E-state index in [9.17, 15) is 19.2 Å². The van der Waals surface area contributed by atoms with Gasteiger partial charge in [0.25, 0.3) is 0 Å². The highest BCUT2D eigenvalue weighted by Gasteiger charge is 2.64. The van der Waals surface area contributed by atoms with Gasteiger partial charge in [-0.25, -0.2) is 4.90 Å². The Labute approximate surface area is 217 Å². The maximum atomic E-state index is 14.1. The average molecular weight is 513 g/mol. The molecule has 3 aliphatic heterocycles. The Bertz CT molecular complexity index is 1480. The number of esters is 1. The standard InChI is InChI=1S/C29H21ClN2O5/c1-16(33)37-22-9-5-8-17-10-15-21-23-24(29(36)31(28(23)35)20-13-11-19(30)12-14-20)26(32(21)25(17)22)27(34)18-6-3-2-4-7-18/h2-15,21,23-24,26H,1H3/t21-,23+,24+,26+/m1/s1. The largest absolute Gasteiger partial charge is 0.424 e. The second-order valence-corrected chi connectivity index (χ2v) is 9.70. The van der Waals surface area contributed by atoms with Crippen LogP contribution in [-0.2, 0) is 14.4 Å². The number of carbonyl (C=O) groups is 4. The van der Waals surface area contributed by atoms with Crippen LogP contribution >= 0.6 is 11.6 Å². The second kappa shape index (κ2) is 8.71. The number of fused-ring (bicyclic) bond motifs is 5. The predicted octanol–water partition coefficient (Wildman–Crippen LogP) is 4.54. The highest BCUT2D eigenvalue weighted by molar-refractivity contribution is 6.31. The van der Waals surface area contributed by atoms with Gasteiger partial charge >= 0.3 is 5.97 Å². The first-order chi connectivity index (χ1) is 17.9. The Morgan fingerprint density at radius 1 is 0.865 bits per heavy atom. The third-order valence-corrected chi connectivity index (χ3v) is 7.41. The molecule has 6 rings (SSSR count). The Hall–Kier alpha value is -4.23. The van der Waals surface area contributed by atoms with Gasteiger partial charge in [0.1, 0.15) is 6.04 Å². The molecular formula is C29H21ClN2O5. The van der Waals surface area contributed by atoms with Gasteiger partial charge in [0, 0.05) is 23.1 Å². The highest BCUT2D eigenvalue weighted by Crippen LogP contribution is 2.52. The molecule has 3 aromatic carbocycles. The number of anilines is 2. The summed E-state index contributed by atoms with van der Waals surface area (Å²) in [5.74, 6) is -3.06. The summed E-state index contributed by atoms with van der Waals surface area (Å²) in [6.45, 7) is 1.30. The van der Waals surface area contributed by atoms with Crippen molar-refractivity contribution in [1.29, 1.82) is 0 Å². The monoisotopic (exact) mass is 512 g/mol. The van der Waals surface area contributed by atoms with E-state index in [-0.39, 0.29) is 17.4 Å². The molecule has 2 fully saturated rings. The minimum atomic E-state index is -0.980. The third kappa shape index (κ3) is 3.57. The van der Waals surface area contributed by atoms with Crippen molar-refractivity contribution < 1.29 is 23.9 Å². The van der Waals surface area contributed by atoms with Crippen LogP contribution in [0, 0.1) is 11.8 Å². The van der Waals surface area contributed by atoms with E-state index in [0.29, 0.717) is 22.0 Å². The summed E-state index contributed by atoms with van der Waals surface area (Å²) in [5, 5.41) is 0.483. The number of imide groups is 1. The molecule has 3 aromatic rings. The molecule has 4 atom stereocenters. The van der Waals surface area contributed by atoms with E-state index in [1.165, 1.54) is 6.92 Å². The van der Waals surface area contributed by atoms with E-state index in [0.717, 1.165) is 10.5 Å². The van der Waals surface area contributed by atoms with E-state index in [2.05, 4.69) is 0 Å². The number of halogens is 1. The van der Waals surface area contributed by atoms with E-state index >= 15 is 0 Å². The molecule has 0 saturated carbocycles. The van der Waals surface area contributed by atoms with Gasteiger partial charge in [-0.2, -0.15) is 0 Å². The Balaban J connectivity index is 1.52. The molecular weight excluding hydrogens is 492 g/mol. The molecule has 8 heteroatoms. The Morgan fingerprint density at radius 3 is 2.27 bits per heavy atom. The lowest BCUT2D eigenvalue weighted by molar-refractivity contribution is -0.132. The SMILES string of the molecule is CC(=O)Oc1cccc2c1N1[C@H](C=C2)[C@@H]2C(=O)N(c3ccc(Cl)cc3)C(=O)[C@@H]2[C@H]1C(=O)c1ccccc1. The minimum absolute atomic E-state index is 0.277. The van der Waals surface area contributed by atoms with Crippen LogP contribution < -0.4 is 14.5 Å². The van der Waals surface area contributed by atoms with Gasteiger partial charge in [-0.1, -0.05) is 66.2 Å². The molecule has 2 amide bonds. The van der Waals surface area contributed by atoms with Crippen LogP contribution in [-0.4, -0.2) is 35.7 Å². The summed E-state index contributed by atoms with van der Waals surface area (Å²) in [6.07, 6.45) is 3.70. The number of benzene rings is 3. The van der Waals surface area contributed by atoms with Crippen molar-refractivity contribution in [1.82, 2.24) is 0 Å². The van der Waals surface area contributed by atoms with E-state index in [1.807, 2.05) is 18.2 Å². The zero-order valence-corrected chi connectivity index (χ0v) is 20.5. The van der Waals surface area contributed by atoms with Gasteiger partial charge in [-0.05, 0) is 30.3 Å². The van der Waals surface area contributed by atoms with Crippen LogP contribution in [0.5, 0.6) is 5.75 Å². The lowest BCUT2D eigenvalue weighted by atomic mass is 9.86. The first kappa shape index (κ1) is 23.2. The number of hydrogen-bond donors (Lipinski definition) is 0. The number of ketones is 1. The van der Waals surface area contributed by atoms with Crippen LogP contribution in [0.3, 0.4) is 0 Å². The number of Topliss-reactive ketones (excluding diaryl/α,β-unsaturated/α-hetero) is 1. The van der Waals surface area contributed by atoms with Crippen molar-refractivity contribution >= 4 is 52.6 Å². The molecule has 3 heterocycles. The molecule has 3 aliphatic rings. The summed E-state index contributed by atoms with van der Waals surface area (Å²) in [6, 6.07) is 18.9. The topological polar surface area (TPSA) is 84.0 Å². The van der Waals surface area contributed by atoms with Gasteiger partial charge in [0.05, 0.1) is 29.3 Å². The molecule has 0 unspecified atom stereocenters. The van der Waals surface area contributed by atoms with Crippen molar-refractivity contribution in [2.24, 2.45) is 11.8 Å². The number of para-hydroxylation sites is 1. The fraction of sp³-hybridized carbons (Fsp3) is 0.172. The smallest absolute Gasteiger partial charge is 0.308 e. The second-order valence-electron chi connectivity index (χ2n) is 9.26. The van der Waals surface area contributed by atoms with Crippen molar-refractivity contribution in [3.8, 4) is 5.75 Å². The molecule has 37 heavy (non-hydrogen) atoms. The Morgan fingerprint density at radius 2 is 1.57 bits per heavy atom. The molecule has 7 nitrogen and oxygen atoms in total. The van der Waals surface area contributed by atoms with Gasteiger partial charge in [0.15, 0.2) is 11.5 Å². The van der Waals surface area contributed by atoms with Crippen LogP contribution in [0.15, 0.2) is 78.9 Å². The molecule has 0 spiro atoms. The maximum absolute atomic E-state index is 14.1. The van der Waals surface area contributed by atoms with Crippen LogP contribution in [0.4, 0.5) is 11.4 Å². The fourth-order valence-corrected chi connectivity index (χ4v) is 5.86. The molecule has 0 aliphatic carbocycles. The zero-order chi connectivity index (χ0) is 25.8. The summed E-state index contributed by atoms with van der Waals surface area (Å²) < 4.78 is 5.51. The molecule has 0 N–H and O–H groups in total. The first-order valence-corrected chi connectivity index (χ1v) is 12.2. The van der Waals surface area contributed by atoms with Crippen LogP contribution in [0.25, 0.3) is 6.08 Å². The van der Waals surface area contributed by atoms with Gasteiger partial charge in [0.2, 0.25) is 11.8 Å². The van der Waals surface area contributed by atoms with Gasteiger partial charge in [-0.3, -0.25) is 19.2 Å². The lowest BCUT2D eigenvalue weighted by Gasteiger charge is -2.37. The molecule has 2 saturated heterocycles. The van der Waals surface area contributed by atoms with E-state index < -0.39 is 35.8 Å². The Kier molecular flexibility index (Phi) is 5.46. The summed E-state index contributed by atoms with van der Waals surface area (Å²) >= 11 is 6.02. The normalized spacial score (nSPS) is 23.5. The third-order valence-electron chi connectivity index (χ3n) is 7.15. The van der Waals surface area contributed by atoms with Crippen molar-refractivity contribution in [3.05, 3.63) is 95.0 Å². The number of amides is 2. The zero-order valence-electron chi connectivity index (χ0n) is 19.7. The first-order valence-electron chi connectivity index (χ1n) is 11.9.